The summed E-state index contributed by atoms with van der Waals surface area (Å²) in [6.45, 7) is -1.05. The molecule has 6 amide bonds. The molecule has 24 nitrogen and oxygen atoms in total. The van der Waals surface area contributed by atoms with E-state index in [0.29, 0.717) is 0 Å². The van der Waals surface area contributed by atoms with Crippen molar-refractivity contribution >= 4 is 83.2 Å². The van der Waals surface area contributed by atoms with E-state index in [1.54, 1.807) is 36.4 Å². The molecule has 364 valence electrons. The van der Waals surface area contributed by atoms with E-state index in [2.05, 4.69) is 21.3 Å². The van der Waals surface area contributed by atoms with Gasteiger partial charge in [0.2, 0.25) is 11.8 Å². The zero-order chi connectivity index (χ0) is 49.7. The minimum Gasteiger partial charge on any atom is -0.543 e. The van der Waals surface area contributed by atoms with Crippen molar-refractivity contribution in [2.45, 2.75) is 73.4 Å². The molecule has 6 rings (SSSR count). The van der Waals surface area contributed by atoms with Gasteiger partial charge in [0.25, 0.3) is 11.8 Å². The van der Waals surface area contributed by atoms with Crippen LogP contribution in [0.4, 0.5) is 9.59 Å². The normalized spacial score (nSPS) is 19.5. The van der Waals surface area contributed by atoms with Crippen LogP contribution in [0.3, 0.4) is 0 Å². The molecule has 8 N–H and O–H groups in total. The van der Waals surface area contributed by atoms with Gasteiger partial charge in [-0.1, -0.05) is 36.4 Å². The number of β-lactam (4-membered cyclic amide) rings is 2. The second kappa shape index (κ2) is 28.0. The van der Waals surface area contributed by atoms with E-state index >= 15 is 0 Å². The molecule has 0 spiro atoms. The van der Waals surface area contributed by atoms with Crippen LogP contribution >= 0.6 is 23.5 Å². The summed E-state index contributed by atoms with van der Waals surface area (Å²) in [7, 11) is 0. The van der Waals surface area contributed by atoms with Gasteiger partial charge in [-0.2, -0.15) is 0 Å². The summed E-state index contributed by atoms with van der Waals surface area (Å²) in [5.41, 5.74) is -0.422. The molecule has 6 atom stereocenters. The maximum Gasteiger partial charge on any atom is 1.00 e. The third kappa shape index (κ3) is 15.4. The molecule has 2 saturated heterocycles. The summed E-state index contributed by atoms with van der Waals surface area (Å²) in [5.74, 6) is -7.24. The number of thioether (sulfide) groups is 2. The number of hydrogen-bond acceptors (Lipinski definition) is 18. The van der Waals surface area contributed by atoms with Crippen LogP contribution in [0.2, 0.25) is 0 Å². The quantitative estimate of drug-likeness (QED) is 0.0451. The summed E-state index contributed by atoms with van der Waals surface area (Å²) < 4.78 is 10.00. The van der Waals surface area contributed by atoms with Crippen LogP contribution in [-0.4, -0.2) is 150 Å². The monoisotopic (exact) mass is 1030 g/mol. The van der Waals surface area contributed by atoms with Gasteiger partial charge in [0.05, 0.1) is 36.5 Å². The van der Waals surface area contributed by atoms with Crippen LogP contribution in [0.25, 0.3) is 0 Å². The number of amides is 6. The zero-order valence-corrected chi connectivity index (χ0v) is 43.2. The second-order valence-corrected chi connectivity index (χ2v) is 17.2. The van der Waals surface area contributed by atoms with Gasteiger partial charge in [-0.15, -0.1) is 23.5 Å². The first-order chi connectivity index (χ1) is 32.4. The van der Waals surface area contributed by atoms with E-state index in [0.717, 1.165) is 9.80 Å². The van der Waals surface area contributed by atoms with Gasteiger partial charge in [-0.25, -0.2) is 19.2 Å². The average Bonchev–Trinajstić information content (AvgIpc) is 3.31. The summed E-state index contributed by atoms with van der Waals surface area (Å²) in [4.78, 5) is 121. The molecule has 2 fully saturated rings. The Morgan fingerprint density at radius 1 is 0.614 bits per heavy atom. The van der Waals surface area contributed by atoms with Crippen LogP contribution in [0.1, 0.15) is 38.5 Å². The molecule has 2 unspecified atom stereocenters. The molecule has 4 heterocycles. The van der Waals surface area contributed by atoms with Crippen molar-refractivity contribution in [2.24, 2.45) is 0 Å². The number of nitrogens with zero attached hydrogens (tertiary/aromatic N) is 2. The number of carbonyl (C=O) groups is 10. The predicted molar refractivity (Wildman–Crippen MR) is 230 cm³/mol. The van der Waals surface area contributed by atoms with Crippen LogP contribution < -0.4 is 100 Å². The number of aliphatic carboxylic acids is 4. The molecular formula is C42H44N6Na2O18S2. The minimum atomic E-state index is -1.58. The van der Waals surface area contributed by atoms with Gasteiger partial charge in [0.15, 0.2) is 0 Å². The third-order valence-corrected chi connectivity index (χ3v) is 13.1. The standard InChI is InChI=1S/2C21H23N3O9S.2Na/c2*25-9-11-10-34-18-15(17(27)24(18)16(11)20(30)31)23-14(26)8-4-7-13(19(28)29)22-21(32)33-12-5-2-1-3-6-12;;/h2*1-3,5-6,13,15,18,25H,4,7-10H2,(H,22,32)(H,23,26)(H,28,29)(H,30,31);;/q;;2*+1/p-2/t2*13-,15?,18-;;/m11../s1. The zero-order valence-electron chi connectivity index (χ0n) is 37.5. The number of aliphatic hydroxyl groups is 2. The van der Waals surface area contributed by atoms with E-state index in [1.807, 2.05) is 0 Å². The van der Waals surface area contributed by atoms with Gasteiger partial charge in [-0.05, 0) is 61.1 Å². The first kappa shape index (κ1) is 59.2. The Bertz CT molecular complexity index is 2200. The number of fused-ring (bicyclic) bond motifs is 2. The van der Waals surface area contributed by atoms with Crippen molar-refractivity contribution in [1.82, 2.24) is 31.1 Å². The van der Waals surface area contributed by atoms with E-state index < -0.39 is 108 Å². The number of rotatable bonds is 20. The molecule has 2 aromatic rings. The fraction of sp³-hybridized carbons (Fsp3) is 0.381. The van der Waals surface area contributed by atoms with E-state index in [9.17, 15) is 78.6 Å². The van der Waals surface area contributed by atoms with Crippen LogP contribution in [0.5, 0.6) is 11.5 Å². The Hall–Kier alpha value is -5.16. The Morgan fingerprint density at radius 3 is 1.26 bits per heavy atom. The average molecular weight is 1030 g/mol. The Balaban J connectivity index is 0.000000360. The van der Waals surface area contributed by atoms with Crippen molar-refractivity contribution in [1.29, 1.82) is 0 Å². The van der Waals surface area contributed by atoms with E-state index in [4.69, 9.17) is 9.47 Å². The number of para-hydroxylation sites is 2. The van der Waals surface area contributed by atoms with E-state index in [-0.39, 0.29) is 143 Å². The number of carboxylic acid groups (broad SMARTS) is 4. The first-order valence-electron chi connectivity index (χ1n) is 20.5. The number of carbonyl (C=O) groups excluding carboxylic acids is 8. The van der Waals surface area contributed by atoms with Crippen molar-refractivity contribution in [3.63, 3.8) is 0 Å². The molecular weight excluding hydrogens is 987 g/mol. The second-order valence-electron chi connectivity index (χ2n) is 15.0. The number of carboxylic acids is 4. The van der Waals surface area contributed by atoms with Gasteiger partial charge in [0.1, 0.15) is 46.4 Å². The maximum absolute atomic E-state index is 12.4. The predicted octanol–water partition coefficient (Wildman–Crippen LogP) is -8.40. The Kier molecular flexibility index (Phi) is 23.7. The molecule has 0 aromatic heterocycles. The van der Waals surface area contributed by atoms with Crippen molar-refractivity contribution in [2.75, 3.05) is 24.7 Å². The third-order valence-electron chi connectivity index (χ3n) is 10.4. The molecule has 4 aliphatic rings. The van der Waals surface area contributed by atoms with Crippen molar-refractivity contribution < 1.29 is 147 Å². The van der Waals surface area contributed by atoms with Crippen LogP contribution in [0, 0.1) is 0 Å². The van der Waals surface area contributed by atoms with Crippen molar-refractivity contribution in [3.05, 3.63) is 83.2 Å². The summed E-state index contributed by atoms with van der Waals surface area (Å²) in [6, 6.07) is 11.7. The fourth-order valence-corrected chi connectivity index (χ4v) is 9.73. The number of aliphatic hydroxyl groups excluding tert-OH is 2. The smallest absolute Gasteiger partial charge is 0.543 e. The summed E-state index contributed by atoms with van der Waals surface area (Å²) >= 11 is 2.41. The number of hydrogen-bond donors (Lipinski definition) is 8. The number of benzene rings is 2. The molecule has 2 aromatic carbocycles. The molecule has 0 radical (unpaired) electrons. The summed E-state index contributed by atoms with van der Waals surface area (Å²) in [6.07, 6.45) is -2.07. The van der Waals surface area contributed by atoms with Gasteiger partial charge in [-0.3, -0.25) is 29.0 Å². The SMILES string of the molecule is O=C(CCC[C@@H](NC(=O)Oc1ccccc1)C(=O)O)NC1C(=O)N2C(C(=O)[O-])=C(CO)CS[C@H]12.O=C(CCC[C@@H](NC(=O)Oc1ccccc1)C(=O)O)NC1C(=O)N2C(C(=O)[O-])=C(CO)CS[C@H]12.[Na+].[Na+]. The molecule has 0 bridgehead atoms. The molecule has 28 heteroatoms. The summed E-state index contributed by atoms with van der Waals surface area (Å²) in [5, 5.41) is 68.2. The van der Waals surface area contributed by atoms with Gasteiger partial charge < -0.3 is 71.0 Å². The van der Waals surface area contributed by atoms with Gasteiger partial charge in [0, 0.05) is 24.3 Å². The molecule has 0 aliphatic carbocycles. The largest absolute Gasteiger partial charge is 1.00 e. The van der Waals surface area contributed by atoms with Gasteiger partial charge >= 0.3 is 83.2 Å². The van der Waals surface area contributed by atoms with Crippen LogP contribution in [0.15, 0.2) is 83.2 Å². The fourth-order valence-electron chi connectivity index (χ4n) is 7.06. The molecule has 4 aliphatic heterocycles. The minimum absolute atomic E-state index is 0. The Morgan fingerprint density at radius 2 is 0.957 bits per heavy atom. The molecule has 70 heavy (non-hydrogen) atoms. The topological polar surface area (TPSA) is 371 Å². The number of nitrogens with one attached hydrogen (secondary N) is 4. The number of ether oxygens (including phenoxy) is 2. The Labute approximate surface area is 450 Å². The first-order valence-corrected chi connectivity index (χ1v) is 22.6. The van der Waals surface area contributed by atoms with Crippen molar-refractivity contribution in [3.8, 4) is 11.5 Å². The molecule has 0 saturated carbocycles. The van der Waals surface area contributed by atoms with E-state index in [1.165, 1.54) is 47.8 Å². The van der Waals surface area contributed by atoms with Crippen LogP contribution in [-0.2, 0) is 38.4 Å². The maximum atomic E-state index is 12.4.